The lowest BCUT2D eigenvalue weighted by Crippen LogP contribution is -2.26. The minimum Gasteiger partial charge on any atom is -0.337 e. The lowest BCUT2D eigenvalue weighted by molar-refractivity contribution is 0.0785. The molecule has 7 heteroatoms. The number of hydrazine groups is 1. The second-order valence-electron chi connectivity index (χ2n) is 4.45. The van der Waals surface area contributed by atoms with Crippen LogP contribution in [0.1, 0.15) is 21.6 Å². The van der Waals surface area contributed by atoms with Crippen molar-refractivity contribution in [2.75, 3.05) is 12.5 Å². The van der Waals surface area contributed by atoms with Gasteiger partial charge in [-0.05, 0) is 52.0 Å². The van der Waals surface area contributed by atoms with Crippen LogP contribution in [0, 0.1) is 6.92 Å². The van der Waals surface area contributed by atoms with E-state index in [1.54, 1.807) is 35.4 Å². The first-order valence-electron chi connectivity index (χ1n) is 5.93. The van der Waals surface area contributed by atoms with Gasteiger partial charge in [0.05, 0.1) is 3.79 Å². The van der Waals surface area contributed by atoms with Crippen molar-refractivity contribution < 1.29 is 4.79 Å². The maximum atomic E-state index is 12.4. The summed E-state index contributed by atoms with van der Waals surface area (Å²) >= 11 is 5.02. The van der Waals surface area contributed by atoms with Crippen LogP contribution >= 0.6 is 27.3 Å². The summed E-state index contributed by atoms with van der Waals surface area (Å²) in [6.07, 6.45) is 0. The zero-order valence-corrected chi connectivity index (χ0v) is 13.6. The fourth-order valence-electron chi connectivity index (χ4n) is 1.86. The molecule has 106 valence electrons. The number of halogens is 1. The van der Waals surface area contributed by atoms with Crippen molar-refractivity contribution in [3.8, 4) is 0 Å². The van der Waals surface area contributed by atoms with Crippen molar-refractivity contribution in [3.63, 3.8) is 0 Å². The predicted molar refractivity (Wildman–Crippen MR) is 84.6 cm³/mol. The van der Waals surface area contributed by atoms with Gasteiger partial charge in [0.1, 0.15) is 5.82 Å². The number of nitrogens with two attached hydrogens (primary N) is 1. The molecule has 0 atom stereocenters. The van der Waals surface area contributed by atoms with E-state index < -0.39 is 0 Å². The number of rotatable bonds is 4. The molecule has 2 aromatic rings. The zero-order valence-electron chi connectivity index (χ0n) is 11.2. The minimum atomic E-state index is -0.0608. The maximum Gasteiger partial charge on any atom is 0.254 e. The summed E-state index contributed by atoms with van der Waals surface area (Å²) in [4.78, 5) is 18.2. The molecule has 1 amide bonds. The number of carbonyl (C=O) groups is 1. The van der Waals surface area contributed by atoms with Gasteiger partial charge >= 0.3 is 0 Å². The van der Waals surface area contributed by atoms with E-state index in [0.29, 0.717) is 17.9 Å². The molecule has 2 aromatic heterocycles. The number of nitrogens with one attached hydrogen (secondary N) is 1. The monoisotopic (exact) mass is 354 g/mol. The number of anilines is 1. The van der Waals surface area contributed by atoms with E-state index in [4.69, 9.17) is 5.84 Å². The largest absolute Gasteiger partial charge is 0.337 e. The average Bonchev–Trinajstić information content (AvgIpc) is 2.82. The van der Waals surface area contributed by atoms with Gasteiger partial charge in [-0.25, -0.2) is 10.8 Å². The standard InChI is InChI=1S/C13H15BrN4OS/c1-8-3-10(5-12(16-8)17-15)13(19)18(2)6-9-4-11(14)20-7-9/h3-5,7H,6,15H2,1-2H3,(H,16,17). The van der Waals surface area contributed by atoms with E-state index in [1.165, 1.54) is 0 Å². The van der Waals surface area contributed by atoms with Gasteiger partial charge in [0.25, 0.3) is 5.91 Å². The summed E-state index contributed by atoms with van der Waals surface area (Å²) in [7, 11) is 1.78. The van der Waals surface area contributed by atoms with Crippen molar-refractivity contribution in [2.45, 2.75) is 13.5 Å². The van der Waals surface area contributed by atoms with Gasteiger partial charge < -0.3 is 10.3 Å². The second-order valence-corrected chi connectivity index (χ2v) is 6.74. The number of hydrogen-bond acceptors (Lipinski definition) is 5. The first-order valence-corrected chi connectivity index (χ1v) is 7.60. The Hall–Kier alpha value is -1.44. The third-order valence-corrected chi connectivity index (χ3v) is 4.29. The number of thiophene rings is 1. The third-order valence-electron chi connectivity index (χ3n) is 2.74. The molecular formula is C13H15BrN4OS. The highest BCUT2D eigenvalue weighted by Gasteiger charge is 2.14. The van der Waals surface area contributed by atoms with Crippen molar-refractivity contribution >= 4 is 39.0 Å². The molecule has 0 saturated carbocycles. The lowest BCUT2D eigenvalue weighted by atomic mass is 10.2. The van der Waals surface area contributed by atoms with Gasteiger partial charge in [-0.15, -0.1) is 11.3 Å². The van der Waals surface area contributed by atoms with E-state index in [9.17, 15) is 4.79 Å². The van der Waals surface area contributed by atoms with Gasteiger partial charge in [-0.2, -0.15) is 0 Å². The molecule has 20 heavy (non-hydrogen) atoms. The molecule has 0 fully saturated rings. The molecule has 2 rings (SSSR count). The van der Waals surface area contributed by atoms with Crippen LogP contribution in [0.25, 0.3) is 0 Å². The van der Waals surface area contributed by atoms with E-state index in [-0.39, 0.29) is 5.91 Å². The number of aromatic nitrogens is 1. The molecule has 0 aromatic carbocycles. The summed E-state index contributed by atoms with van der Waals surface area (Å²) in [6, 6.07) is 5.41. The van der Waals surface area contributed by atoms with Crippen molar-refractivity contribution in [2.24, 2.45) is 5.84 Å². The maximum absolute atomic E-state index is 12.4. The molecule has 5 nitrogen and oxygen atoms in total. The normalized spacial score (nSPS) is 10.4. The number of pyridine rings is 1. The molecule has 0 radical (unpaired) electrons. The van der Waals surface area contributed by atoms with Gasteiger partial charge in [0.2, 0.25) is 0 Å². The fourth-order valence-corrected chi connectivity index (χ4v) is 3.06. The molecule has 0 aliphatic carbocycles. The van der Waals surface area contributed by atoms with Crippen molar-refractivity contribution in [1.29, 1.82) is 0 Å². The van der Waals surface area contributed by atoms with Gasteiger partial charge in [0, 0.05) is 24.8 Å². The van der Waals surface area contributed by atoms with E-state index >= 15 is 0 Å². The smallest absolute Gasteiger partial charge is 0.254 e. The summed E-state index contributed by atoms with van der Waals surface area (Å²) in [5, 5.41) is 2.03. The molecule has 0 unspecified atom stereocenters. The second kappa shape index (κ2) is 6.34. The number of aryl methyl sites for hydroxylation is 1. The van der Waals surface area contributed by atoms with Crippen molar-refractivity contribution in [1.82, 2.24) is 9.88 Å². The number of carbonyl (C=O) groups excluding carboxylic acids is 1. The Kier molecular flexibility index (Phi) is 4.74. The third kappa shape index (κ3) is 3.56. The first-order chi connectivity index (χ1) is 9.49. The Balaban J connectivity index is 2.15. The van der Waals surface area contributed by atoms with E-state index in [0.717, 1.165) is 15.0 Å². The molecule has 2 heterocycles. The van der Waals surface area contributed by atoms with Crippen LogP contribution in [0.4, 0.5) is 5.82 Å². The highest BCUT2D eigenvalue weighted by molar-refractivity contribution is 9.11. The molecule has 0 aliphatic rings. The Morgan fingerprint density at radius 2 is 2.25 bits per heavy atom. The first kappa shape index (κ1) is 15.0. The summed E-state index contributed by atoms with van der Waals surface area (Å²) in [6.45, 7) is 2.39. The van der Waals surface area contributed by atoms with Gasteiger partial charge in [-0.1, -0.05) is 0 Å². The summed E-state index contributed by atoms with van der Waals surface area (Å²) in [5.74, 6) is 5.77. The predicted octanol–water partition coefficient (Wildman–Crippen LogP) is 2.77. The zero-order chi connectivity index (χ0) is 14.7. The van der Waals surface area contributed by atoms with Crippen LogP contribution in [0.2, 0.25) is 0 Å². The number of amides is 1. The van der Waals surface area contributed by atoms with Crippen LogP contribution in [0.3, 0.4) is 0 Å². The van der Waals surface area contributed by atoms with Crippen LogP contribution < -0.4 is 11.3 Å². The van der Waals surface area contributed by atoms with E-state index in [2.05, 4.69) is 26.3 Å². The Morgan fingerprint density at radius 1 is 1.50 bits per heavy atom. The molecule has 0 aliphatic heterocycles. The Bertz CT molecular complexity index is 629. The Morgan fingerprint density at radius 3 is 2.85 bits per heavy atom. The quantitative estimate of drug-likeness (QED) is 0.654. The van der Waals surface area contributed by atoms with Crippen LogP contribution in [-0.4, -0.2) is 22.8 Å². The molecular weight excluding hydrogens is 340 g/mol. The minimum absolute atomic E-state index is 0.0608. The van der Waals surface area contributed by atoms with Crippen LogP contribution in [0.5, 0.6) is 0 Å². The topological polar surface area (TPSA) is 71.2 Å². The highest BCUT2D eigenvalue weighted by Crippen LogP contribution is 2.22. The number of nitrogens with zero attached hydrogens (tertiary/aromatic N) is 2. The number of nitrogen functional groups attached to an aromatic ring is 1. The lowest BCUT2D eigenvalue weighted by Gasteiger charge is -2.17. The van der Waals surface area contributed by atoms with E-state index in [1.807, 2.05) is 18.4 Å². The highest BCUT2D eigenvalue weighted by atomic mass is 79.9. The van der Waals surface area contributed by atoms with Gasteiger partial charge in [0.15, 0.2) is 0 Å². The fraction of sp³-hybridized carbons (Fsp3) is 0.231. The van der Waals surface area contributed by atoms with Crippen molar-refractivity contribution in [3.05, 3.63) is 44.2 Å². The van der Waals surface area contributed by atoms with Crippen LogP contribution in [-0.2, 0) is 6.54 Å². The Labute approximate surface area is 129 Å². The molecule has 0 saturated heterocycles. The summed E-state index contributed by atoms with van der Waals surface area (Å²) in [5.41, 5.74) is 4.88. The van der Waals surface area contributed by atoms with Crippen LogP contribution in [0.15, 0.2) is 27.4 Å². The molecule has 0 spiro atoms. The average molecular weight is 355 g/mol. The van der Waals surface area contributed by atoms with Gasteiger partial charge in [-0.3, -0.25) is 4.79 Å². The molecule has 0 bridgehead atoms. The molecule has 3 N–H and O–H groups in total. The SMILES string of the molecule is Cc1cc(C(=O)N(C)Cc2csc(Br)c2)cc(NN)n1. The summed E-state index contributed by atoms with van der Waals surface area (Å²) < 4.78 is 1.06. The number of hydrogen-bond donors (Lipinski definition) is 2.